The van der Waals surface area contributed by atoms with Crippen molar-refractivity contribution in [3.8, 4) is 0 Å². The Morgan fingerprint density at radius 3 is 2.22 bits per heavy atom. The van der Waals surface area contributed by atoms with Crippen LogP contribution in [0.15, 0.2) is 91.0 Å². The lowest BCUT2D eigenvalue weighted by molar-refractivity contribution is 0.601. The molecule has 0 spiro atoms. The summed E-state index contributed by atoms with van der Waals surface area (Å²) in [4.78, 5) is 0. The zero-order valence-electron chi connectivity index (χ0n) is 19.2. The molecule has 0 N–H and O–H groups in total. The van der Waals surface area contributed by atoms with Crippen LogP contribution in [0.4, 0.5) is 0 Å². The van der Waals surface area contributed by atoms with Gasteiger partial charge in [-0.1, -0.05) is 112 Å². The smallest absolute Gasteiger partial charge is 0.0406 e. The van der Waals surface area contributed by atoms with Gasteiger partial charge in [0, 0.05) is 10.4 Å². The van der Waals surface area contributed by atoms with E-state index in [-0.39, 0.29) is 10.8 Å². The van der Waals surface area contributed by atoms with Crippen molar-refractivity contribution in [1.82, 2.24) is 0 Å². The van der Waals surface area contributed by atoms with Gasteiger partial charge in [-0.05, 0) is 73.8 Å². The minimum atomic E-state index is -0.0120. The predicted octanol–water partition coefficient (Wildman–Crippen LogP) is 9.25. The van der Waals surface area contributed by atoms with Gasteiger partial charge in [-0.3, -0.25) is 0 Å². The molecule has 32 heavy (non-hydrogen) atoms. The van der Waals surface area contributed by atoms with Crippen molar-refractivity contribution in [2.24, 2.45) is 0 Å². The summed E-state index contributed by atoms with van der Waals surface area (Å²) >= 11 is 6.11. The Hall–Kier alpha value is -2.83. The van der Waals surface area contributed by atoms with Gasteiger partial charge in [0.05, 0.1) is 0 Å². The summed E-state index contributed by atoms with van der Waals surface area (Å²) < 4.78 is 0. The van der Waals surface area contributed by atoms with Crippen LogP contribution in [0.2, 0.25) is 5.02 Å². The number of rotatable bonds is 2. The molecule has 5 rings (SSSR count). The minimum Gasteiger partial charge on any atom is -0.0843 e. The number of hydrogen-bond acceptors (Lipinski definition) is 0. The first-order valence-electron chi connectivity index (χ1n) is 11.4. The minimum absolute atomic E-state index is 0.0120. The van der Waals surface area contributed by atoms with Gasteiger partial charge in [0.2, 0.25) is 0 Å². The summed E-state index contributed by atoms with van der Waals surface area (Å²) in [5, 5.41) is 6.14. The largest absolute Gasteiger partial charge is 0.0843 e. The molecule has 0 nitrogen and oxygen atoms in total. The number of allylic oxidation sites excluding steroid dienone is 4. The van der Waals surface area contributed by atoms with Crippen molar-refractivity contribution in [3.05, 3.63) is 113 Å². The van der Waals surface area contributed by atoms with Crippen molar-refractivity contribution < 1.29 is 0 Å². The molecule has 1 aliphatic rings. The van der Waals surface area contributed by atoms with Crippen LogP contribution in [0, 0.1) is 0 Å². The second-order valence-corrected chi connectivity index (χ2v) is 10.7. The van der Waals surface area contributed by atoms with E-state index in [0.29, 0.717) is 0 Å². The zero-order chi connectivity index (χ0) is 22.5. The highest BCUT2D eigenvalue weighted by Gasteiger charge is 2.26. The van der Waals surface area contributed by atoms with Crippen LogP contribution >= 0.6 is 11.6 Å². The lowest BCUT2D eigenvalue weighted by Gasteiger charge is -2.29. The van der Waals surface area contributed by atoms with Crippen molar-refractivity contribution in [2.45, 2.75) is 44.9 Å². The SMILES string of the molecule is CC(C)(C)c1c2ccccc2cc2c(C3=CCC(C)(c4ccc(Cl)cc4)C=C3)cccc12. The van der Waals surface area contributed by atoms with E-state index in [9.17, 15) is 0 Å². The van der Waals surface area contributed by atoms with Crippen LogP contribution in [0.1, 0.15) is 50.8 Å². The summed E-state index contributed by atoms with van der Waals surface area (Å²) in [6.45, 7) is 9.25. The lowest BCUT2D eigenvalue weighted by Crippen LogP contribution is -2.20. The maximum atomic E-state index is 6.11. The summed E-state index contributed by atoms with van der Waals surface area (Å²) in [6.07, 6.45) is 8.03. The van der Waals surface area contributed by atoms with E-state index in [1.54, 1.807) is 0 Å². The molecule has 1 aliphatic carbocycles. The average molecular weight is 437 g/mol. The fraction of sp³-hybridized carbons (Fsp3) is 0.226. The van der Waals surface area contributed by atoms with E-state index < -0.39 is 0 Å². The Morgan fingerprint density at radius 2 is 1.53 bits per heavy atom. The van der Waals surface area contributed by atoms with Gasteiger partial charge in [0.1, 0.15) is 0 Å². The number of fused-ring (bicyclic) bond motifs is 2. The van der Waals surface area contributed by atoms with Gasteiger partial charge in [-0.15, -0.1) is 0 Å². The van der Waals surface area contributed by atoms with Crippen LogP contribution < -0.4 is 0 Å². The number of hydrogen-bond donors (Lipinski definition) is 0. The first-order chi connectivity index (χ1) is 15.3. The van der Waals surface area contributed by atoms with Crippen molar-refractivity contribution in [1.29, 1.82) is 0 Å². The highest BCUT2D eigenvalue weighted by molar-refractivity contribution is 6.30. The summed E-state index contributed by atoms with van der Waals surface area (Å²) in [5.74, 6) is 0. The van der Waals surface area contributed by atoms with Crippen molar-refractivity contribution in [2.75, 3.05) is 0 Å². The van der Waals surface area contributed by atoms with Crippen LogP contribution in [0.5, 0.6) is 0 Å². The molecule has 4 aromatic rings. The molecule has 0 aliphatic heterocycles. The van der Waals surface area contributed by atoms with Gasteiger partial charge in [0.25, 0.3) is 0 Å². The van der Waals surface area contributed by atoms with E-state index in [1.165, 1.54) is 43.8 Å². The Balaban J connectivity index is 1.65. The van der Waals surface area contributed by atoms with Crippen molar-refractivity contribution in [3.63, 3.8) is 0 Å². The molecule has 160 valence electrons. The van der Waals surface area contributed by atoms with E-state index in [0.717, 1.165) is 11.4 Å². The first kappa shape index (κ1) is 21.0. The quantitative estimate of drug-likeness (QED) is 0.274. The van der Waals surface area contributed by atoms with Gasteiger partial charge in [0.15, 0.2) is 0 Å². The van der Waals surface area contributed by atoms with Gasteiger partial charge in [-0.25, -0.2) is 0 Å². The molecular formula is C31H29Cl. The molecule has 0 saturated carbocycles. The summed E-state index contributed by atoms with van der Waals surface area (Å²) in [7, 11) is 0. The Labute approximate surface area is 196 Å². The predicted molar refractivity (Wildman–Crippen MR) is 141 cm³/mol. The van der Waals surface area contributed by atoms with E-state index in [1.807, 2.05) is 12.1 Å². The normalized spacial score (nSPS) is 18.8. The standard InChI is InChI=1S/C31H29Cl/c1-30(2,3)29-26-9-6-5-8-22(26)20-28-25(10-7-11-27(28)29)21-16-18-31(4,19-17-21)23-12-14-24(32)15-13-23/h5-18,20H,19H2,1-4H3. The number of benzene rings is 4. The van der Waals surface area contributed by atoms with E-state index in [2.05, 4.69) is 107 Å². The first-order valence-corrected chi connectivity index (χ1v) is 11.7. The van der Waals surface area contributed by atoms with E-state index in [4.69, 9.17) is 11.6 Å². The maximum absolute atomic E-state index is 6.11. The molecule has 1 heteroatoms. The molecule has 4 aromatic carbocycles. The van der Waals surface area contributed by atoms with Crippen LogP contribution in [-0.4, -0.2) is 0 Å². The molecule has 1 unspecified atom stereocenters. The Morgan fingerprint density at radius 1 is 0.812 bits per heavy atom. The molecule has 0 saturated heterocycles. The fourth-order valence-electron chi connectivity index (χ4n) is 5.13. The third-order valence-electron chi connectivity index (χ3n) is 6.85. The molecule has 0 radical (unpaired) electrons. The molecule has 1 atom stereocenters. The monoisotopic (exact) mass is 436 g/mol. The van der Waals surface area contributed by atoms with Gasteiger partial charge in [-0.2, -0.15) is 0 Å². The molecule has 0 amide bonds. The molecular weight excluding hydrogens is 408 g/mol. The maximum Gasteiger partial charge on any atom is 0.0406 e. The average Bonchev–Trinajstić information content (AvgIpc) is 2.77. The summed E-state index contributed by atoms with van der Waals surface area (Å²) in [6, 6.07) is 26.2. The highest BCUT2D eigenvalue weighted by atomic mass is 35.5. The fourth-order valence-corrected chi connectivity index (χ4v) is 5.25. The third-order valence-corrected chi connectivity index (χ3v) is 7.10. The van der Waals surface area contributed by atoms with Gasteiger partial charge >= 0.3 is 0 Å². The van der Waals surface area contributed by atoms with Crippen LogP contribution in [0.25, 0.3) is 27.1 Å². The lowest BCUT2D eigenvalue weighted by atomic mass is 9.74. The van der Waals surface area contributed by atoms with Crippen LogP contribution in [-0.2, 0) is 10.8 Å². The van der Waals surface area contributed by atoms with Gasteiger partial charge < -0.3 is 0 Å². The summed E-state index contributed by atoms with van der Waals surface area (Å²) in [5.41, 5.74) is 5.39. The molecule has 0 aromatic heterocycles. The zero-order valence-corrected chi connectivity index (χ0v) is 20.0. The second-order valence-electron chi connectivity index (χ2n) is 10.2. The Bertz CT molecular complexity index is 1380. The number of halogens is 1. The molecule has 0 bridgehead atoms. The second kappa shape index (κ2) is 7.64. The van der Waals surface area contributed by atoms with Crippen LogP contribution in [0.3, 0.4) is 0 Å². The Kier molecular flexibility index (Phi) is 5.02. The third kappa shape index (κ3) is 3.57. The van der Waals surface area contributed by atoms with E-state index >= 15 is 0 Å². The van der Waals surface area contributed by atoms with Crippen molar-refractivity contribution >= 4 is 38.7 Å². The molecule has 0 fully saturated rings. The molecule has 0 heterocycles. The highest BCUT2D eigenvalue weighted by Crippen LogP contribution is 2.42. The topological polar surface area (TPSA) is 0 Å².